The zero-order chi connectivity index (χ0) is 29.5. The van der Waals surface area contributed by atoms with Crippen molar-refractivity contribution in [1.82, 2.24) is 9.80 Å². The minimum atomic E-state index is -1.58. The summed E-state index contributed by atoms with van der Waals surface area (Å²) in [6.45, 7) is 4.69. The van der Waals surface area contributed by atoms with Crippen LogP contribution in [0.15, 0.2) is 30.3 Å². The van der Waals surface area contributed by atoms with Gasteiger partial charge in [-0.05, 0) is 61.8 Å². The highest BCUT2D eigenvalue weighted by atomic mass is 35.5. The Kier molecular flexibility index (Phi) is 8.58. The summed E-state index contributed by atoms with van der Waals surface area (Å²) >= 11 is 6.34. The van der Waals surface area contributed by atoms with Crippen molar-refractivity contribution in [3.63, 3.8) is 0 Å². The third kappa shape index (κ3) is 6.36. The van der Waals surface area contributed by atoms with Gasteiger partial charge in [0.05, 0.1) is 19.2 Å². The second-order valence-electron chi connectivity index (χ2n) is 11.8. The maximum absolute atomic E-state index is 15.8. The van der Waals surface area contributed by atoms with Gasteiger partial charge in [0.25, 0.3) is 5.91 Å². The van der Waals surface area contributed by atoms with Gasteiger partial charge < -0.3 is 14.4 Å². The molecule has 2 aromatic rings. The quantitative estimate of drug-likeness (QED) is 0.351. The van der Waals surface area contributed by atoms with Gasteiger partial charge in [0.15, 0.2) is 0 Å². The molecule has 2 unspecified atom stereocenters. The van der Waals surface area contributed by atoms with E-state index >= 15 is 8.78 Å². The number of hydrogen-bond donors (Lipinski definition) is 0. The van der Waals surface area contributed by atoms with Gasteiger partial charge in [-0.15, -0.1) is 0 Å². The Balaban J connectivity index is 1.26. The normalized spacial score (nSPS) is 24.4. The van der Waals surface area contributed by atoms with E-state index in [0.717, 1.165) is 34.9 Å². The molecule has 0 spiro atoms. The number of rotatable bonds is 8. The molecule has 3 atom stereocenters. The number of piperidine rings is 1. The van der Waals surface area contributed by atoms with E-state index in [0.29, 0.717) is 30.2 Å². The molecule has 10 heteroatoms. The summed E-state index contributed by atoms with van der Waals surface area (Å²) in [6.07, 6.45) is 0.773. The van der Waals surface area contributed by atoms with Crippen LogP contribution >= 0.6 is 11.6 Å². The molecular weight excluding hydrogens is 557 g/mol. The Hall–Kier alpha value is -2.78. The first-order valence-corrected chi connectivity index (χ1v) is 14.5. The summed E-state index contributed by atoms with van der Waals surface area (Å²) in [5.74, 6) is -2.87. The lowest BCUT2D eigenvalue weighted by molar-refractivity contribution is -0.146. The van der Waals surface area contributed by atoms with Gasteiger partial charge in [-0.25, -0.2) is 18.0 Å². The number of methoxy groups -OCH3 is 1. The third-order valence-electron chi connectivity index (χ3n) is 8.66. The molecule has 0 aromatic heterocycles. The molecular formula is C31H36ClF3N2O4. The van der Waals surface area contributed by atoms with E-state index in [2.05, 4.69) is 4.90 Å². The van der Waals surface area contributed by atoms with E-state index in [4.69, 9.17) is 21.1 Å². The first-order valence-electron chi connectivity index (χ1n) is 14.1. The van der Waals surface area contributed by atoms with Crippen molar-refractivity contribution in [2.45, 2.75) is 69.9 Å². The van der Waals surface area contributed by atoms with Crippen LogP contribution in [0.25, 0.3) is 0 Å². The number of carbonyl (C=O) groups is 2. The second kappa shape index (κ2) is 11.8. The number of carbonyl (C=O) groups excluding carboxylic acids is 2. The van der Waals surface area contributed by atoms with Gasteiger partial charge in [-0.3, -0.25) is 9.69 Å². The van der Waals surface area contributed by atoms with Crippen molar-refractivity contribution in [2.75, 3.05) is 33.4 Å². The van der Waals surface area contributed by atoms with Crippen molar-refractivity contribution in [3.8, 4) is 5.75 Å². The molecule has 3 fully saturated rings. The molecule has 5 rings (SSSR count). The summed E-state index contributed by atoms with van der Waals surface area (Å²) in [6, 6.07) is 7.29. The van der Waals surface area contributed by atoms with Crippen LogP contribution in [0.1, 0.15) is 65.6 Å². The monoisotopic (exact) mass is 592 g/mol. The maximum atomic E-state index is 15.8. The Labute approximate surface area is 243 Å². The predicted molar refractivity (Wildman–Crippen MR) is 149 cm³/mol. The zero-order valence-corrected chi connectivity index (χ0v) is 24.4. The largest absolute Gasteiger partial charge is 0.490 e. The first kappa shape index (κ1) is 29.7. The number of amides is 1. The number of hydrogen-bond acceptors (Lipinski definition) is 5. The van der Waals surface area contributed by atoms with Crippen molar-refractivity contribution in [2.24, 2.45) is 5.92 Å². The SMILES string of the molecule is COC(=O)[C@@H]1C(C)C(F)CN1C(=O)c1cc(C2CC2)c(OCC2(F)CCN(Cc3cc(C)ccc3Cl)CC2)cc1F. The van der Waals surface area contributed by atoms with E-state index in [1.807, 2.05) is 25.1 Å². The number of nitrogens with zero attached hydrogens (tertiary/aromatic N) is 2. The molecule has 2 aromatic carbocycles. The Bertz CT molecular complexity index is 1310. The molecule has 1 aliphatic carbocycles. The van der Waals surface area contributed by atoms with Crippen molar-refractivity contribution in [1.29, 1.82) is 0 Å². The van der Waals surface area contributed by atoms with Crippen molar-refractivity contribution >= 4 is 23.5 Å². The molecule has 1 saturated carbocycles. The molecule has 2 saturated heterocycles. The van der Waals surface area contributed by atoms with Crippen LogP contribution in [0, 0.1) is 18.7 Å². The van der Waals surface area contributed by atoms with Crippen LogP contribution in [0.2, 0.25) is 5.02 Å². The van der Waals surface area contributed by atoms with Gasteiger partial charge in [0.2, 0.25) is 0 Å². The highest BCUT2D eigenvalue weighted by Crippen LogP contribution is 2.46. The van der Waals surface area contributed by atoms with Crippen LogP contribution in [-0.4, -0.2) is 72.9 Å². The van der Waals surface area contributed by atoms with Gasteiger partial charge in [0.1, 0.15) is 36.1 Å². The van der Waals surface area contributed by atoms with E-state index in [-0.39, 0.29) is 43.2 Å². The predicted octanol–water partition coefficient (Wildman–Crippen LogP) is 6.02. The van der Waals surface area contributed by atoms with E-state index in [1.165, 1.54) is 20.1 Å². The van der Waals surface area contributed by atoms with Crippen LogP contribution < -0.4 is 4.74 Å². The van der Waals surface area contributed by atoms with Crippen LogP contribution in [-0.2, 0) is 16.1 Å². The number of esters is 1. The summed E-state index contributed by atoms with van der Waals surface area (Å²) in [5, 5.41) is 0.692. The number of aryl methyl sites for hydroxylation is 1. The topological polar surface area (TPSA) is 59.1 Å². The average Bonchev–Trinajstić information content (AvgIpc) is 3.75. The molecule has 0 bridgehead atoms. The Morgan fingerprint density at radius 3 is 2.51 bits per heavy atom. The fourth-order valence-corrected chi connectivity index (χ4v) is 6.06. The van der Waals surface area contributed by atoms with Crippen molar-refractivity contribution < 1.29 is 32.2 Å². The number of likely N-dealkylation sites (tertiary alicyclic amines) is 2. The molecule has 1 amide bonds. The first-order chi connectivity index (χ1) is 19.5. The second-order valence-corrected chi connectivity index (χ2v) is 12.2. The highest BCUT2D eigenvalue weighted by molar-refractivity contribution is 6.31. The summed E-state index contributed by atoms with van der Waals surface area (Å²) in [4.78, 5) is 28.9. The van der Waals surface area contributed by atoms with Gasteiger partial charge >= 0.3 is 5.97 Å². The zero-order valence-electron chi connectivity index (χ0n) is 23.6. The van der Waals surface area contributed by atoms with Crippen LogP contribution in [0.3, 0.4) is 0 Å². The number of alkyl halides is 2. The minimum absolute atomic E-state index is 0.0662. The molecule has 2 heterocycles. The Morgan fingerprint density at radius 1 is 1.15 bits per heavy atom. The molecule has 222 valence electrons. The van der Waals surface area contributed by atoms with Gasteiger partial charge in [-0.2, -0.15) is 0 Å². The lowest BCUT2D eigenvalue weighted by Gasteiger charge is -2.36. The van der Waals surface area contributed by atoms with Gasteiger partial charge in [0, 0.05) is 36.6 Å². The molecule has 6 nitrogen and oxygen atoms in total. The highest BCUT2D eigenvalue weighted by Gasteiger charge is 2.47. The van der Waals surface area contributed by atoms with E-state index < -0.39 is 41.5 Å². The lowest BCUT2D eigenvalue weighted by Crippen LogP contribution is -2.44. The average molecular weight is 593 g/mol. The Morgan fingerprint density at radius 2 is 1.85 bits per heavy atom. The van der Waals surface area contributed by atoms with Gasteiger partial charge in [-0.1, -0.05) is 36.2 Å². The number of halogens is 4. The van der Waals surface area contributed by atoms with Crippen LogP contribution in [0.5, 0.6) is 5.75 Å². The fraction of sp³-hybridized carbons (Fsp3) is 0.548. The summed E-state index contributed by atoms with van der Waals surface area (Å²) < 4.78 is 56.3. The fourth-order valence-electron chi connectivity index (χ4n) is 5.88. The standard InChI is InChI=1S/C31H36ClF3N2O4/c1-18-4-7-24(32)21(12-18)15-36-10-8-31(35,9-11-36)17-41-27-14-25(33)23(13-22(27)20-5-6-20)29(38)37-16-26(34)19(2)28(37)30(39)40-3/h4,7,12-14,19-20,26,28H,5-6,8-11,15-17H2,1-3H3/t19?,26?,28-/m0/s1. The van der Waals surface area contributed by atoms with Crippen LogP contribution in [0.4, 0.5) is 13.2 Å². The third-order valence-corrected chi connectivity index (χ3v) is 9.03. The molecule has 0 radical (unpaired) electrons. The molecule has 41 heavy (non-hydrogen) atoms. The van der Waals surface area contributed by atoms with E-state index in [1.54, 1.807) is 0 Å². The molecule has 0 N–H and O–H groups in total. The minimum Gasteiger partial charge on any atom is -0.490 e. The number of benzene rings is 2. The lowest BCUT2D eigenvalue weighted by atomic mass is 9.93. The van der Waals surface area contributed by atoms with Crippen molar-refractivity contribution in [3.05, 3.63) is 63.4 Å². The number of ether oxygens (including phenoxy) is 2. The smallest absolute Gasteiger partial charge is 0.328 e. The maximum Gasteiger partial charge on any atom is 0.328 e. The summed E-state index contributed by atoms with van der Waals surface area (Å²) in [5.41, 5.74) is 0.924. The molecule has 2 aliphatic heterocycles. The van der Waals surface area contributed by atoms with E-state index in [9.17, 15) is 14.0 Å². The molecule has 3 aliphatic rings. The summed E-state index contributed by atoms with van der Waals surface area (Å²) in [7, 11) is 1.17.